The highest BCUT2D eigenvalue weighted by molar-refractivity contribution is 9.10. The van der Waals surface area contributed by atoms with Gasteiger partial charge in [0.15, 0.2) is 6.10 Å². The van der Waals surface area contributed by atoms with E-state index in [4.69, 9.17) is 4.74 Å². The molecule has 4 nitrogen and oxygen atoms in total. The lowest BCUT2D eigenvalue weighted by Crippen LogP contribution is -2.30. The smallest absolute Gasteiger partial charge is 0.307 e. The summed E-state index contributed by atoms with van der Waals surface area (Å²) in [4.78, 5) is 23.7. The van der Waals surface area contributed by atoms with Crippen molar-refractivity contribution in [1.82, 2.24) is 0 Å². The molecule has 1 aromatic carbocycles. The SMILES string of the molecule is C[C@@H](OC(=O)C[C@H]1C=CCC1)C(=O)Nc1ccc(Br)cc1. The van der Waals surface area contributed by atoms with E-state index in [0.29, 0.717) is 12.1 Å². The Morgan fingerprint density at radius 1 is 1.38 bits per heavy atom. The number of benzene rings is 1. The van der Waals surface area contributed by atoms with E-state index >= 15 is 0 Å². The number of hydrogen-bond donors (Lipinski definition) is 1. The molecular formula is C16H18BrNO3. The van der Waals surface area contributed by atoms with Gasteiger partial charge in [0.1, 0.15) is 0 Å². The standard InChI is InChI=1S/C16H18BrNO3/c1-11(21-15(19)10-12-4-2-3-5-12)16(20)18-14-8-6-13(17)7-9-14/h2,4,6-9,11-12H,3,5,10H2,1H3,(H,18,20)/t11-,12+/m1/s1. The van der Waals surface area contributed by atoms with Crippen LogP contribution in [0.25, 0.3) is 0 Å². The second-order valence-electron chi connectivity index (χ2n) is 5.10. The predicted octanol–water partition coefficient (Wildman–Crippen LogP) is 3.68. The lowest BCUT2D eigenvalue weighted by Gasteiger charge is -2.14. The van der Waals surface area contributed by atoms with Gasteiger partial charge in [0, 0.05) is 10.2 Å². The summed E-state index contributed by atoms with van der Waals surface area (Å²) in [6.07, 6.45) is 5.64. The molecule has 0 saturated heterocycles. The summed E-state index contributed by atoms with van der Waals surface area (Å²) in [5.41, 5.74) is 0.671. The zero-order valence-corrected chi connectivity index (χ0v) is 13.4. The number of ether oxygens (including phenoxy) is 1. The molecule has 0 radical (unpaired) electrons. The van der Waals surface area contributed by atoms with Crippen molar-refractivity contribution >= 4 is 33.5 Å². The van der Waals surface area contributed by atoms with Gasteiger partial charge < -0.3 is 10.1 Å². The number of carbonyl (C=O) groups is 2. The molecule has 21 heavy (non-hydrogen) atoms. The van der Waals surface area contributed by atoms with Crippen LogP contribution >= 0.6 is 15.9 Å². The fourth-order valence-electron chi connectivity index (χ4n) is 2.16. The Bertz CT molecular complexity index is 539. The molecule has 1 aliphatic rings. The number of anilines is 1. The van der Waals surface area contributed by atoms with Crippen LogP contribution in [0, 0.1) is 5.92 Å². The van der Waals surface area contributed by atoms with Crippen LogP contribution in [-0.4, -0.2) is 18.0 Å². The molecule has 0 spiro atoms. The van der Waals surface area contributed by atoms with Gasteiger partial charge in [0.05, 0.1) is 6.42 Å². The highest BCUT2D eigenvalue weighted by Gasteiger charge is 2.21. The van der Waals surface area contributed by atoms with Crippen molar-refractivity contribution in [3.63, 3.8) is 0 Å². The van der Waals surface area contributed by atoms with Crippen molar-refractivity contribution in [1.29, 1.82) is 0 Å². The molecular weight excluding hydrogens is 334 g/mol. The summed E-state index contributed by atoms with van der Waals surface area (Å²) in [7, 11) is 0. The molecule has 0 aliphatic heterocycles. The monoisotopic (exact) mass is 351 g/mol. The van der Waals surface area contributed by atoms with Gasteiger partial charge in [0.25, 0.3) is 5.91 Å². The van der Waals surface area contributed by atoms with E-state index in [1.54, 1.807) is 19.1 Å². The second-order valence-corrected chi connectivity index (χ2v) is 6.01. The maximum absolute atomic E-state index is 12.0. The first-order chi connectivity index (χ1) is 10.0. The molecule has 2 rings (SSSR count). The number of amides is 1. The van der Waals surface area contributed by atoms with E-state index in [9.17, 15) is 9.59 Å². The van der Waals surface area contributed by atoms with E-state index in [1.165, 1.54) is 0 Å². The van der Waals surface area contributed by atoms with Crippen LogP contribution in [0.5, 0.6) is 0 Å². The maximum atomic E-state index is 12.0. The molecule has 1 aliphatic carbocycles. The van der Waals surface area contributed by atoms with E-state index in [2.05, 4.69) is 27.3 Å². The molecule has 1 amide bonds. The zero-order valence-electron chi connectivity index (χ0n) is 11.8. The average molecular weight is 352 g/mol. The number of halogens is 1. The highest BCUT2D eigenvalue weighted by Crippen LogP contribution is 2.21. The minimum absolute atomic E-state index is 0.249. The number of carbonyl (C=O) groups excluding carboxylic acids is 2. The van der Waals surface area contributed by atoms with Gasteiger partial charge in [-0.1, -0.05) is 28.1 Å². The Morgan fingerprint density at radius 3 is 2.71 bits per heavy atom. The maximum Gasteiger partial charge on any atom is 0.307 e. The summed E-state index contributed by atoms with van der Waals surface area (Å²) < 4.78 is 6.11. The Kier molecular flexibility index (Phi) is 5.56. The summed E-state index contributed by atoms with van der Waals surface area (Å²) in [5.74, 6) is -0.406. The molecule has 0 bridgehead atoms. The van der Waals surface area contributed by atoms with E-state index in [0.717, 1.165) is 17.3 Å². The first kappa shape index (κ1) is 15.8. The van der Waals surface area contributed by atoms with Gasteiger partial charge in [-0.2, -0.15) is 0 Å². The summed E-state index contributed by atoms with van der Waals surface area (Å²) >= 11 is 3.33. The molecule has 0 heterocycles. The largest absolute Gasteiger partial charge is 0.453 e. The normalized spacial score (nSPS) is 18.3. The zero-order chi connectivity index (χ0) is 15.2. The quantitative estimate of drug-likeness (QED) is 0.650. The van der Waals surface area contributed by atoms with Crippen LogP contribution in [-0.2, 0) is 14.3 Å². The Labute approximate surface area is 132 Å². The second kappa shape index (κ2) is 7.41. The minimum Gasteiger partial charge on any atom is -0.453 e. The van der Waals surface area contributed by atoms with Crippen LogP contribution in [0.3, 0.4) is 0 Å². The third-order valence-electron chi connectivity index (χ3n) is 3.33. The average Bonchev–Trinajstić information content (AvgIpc) is 2.94. The van der Waals surface area contributed by atoms with Gasteiger partial charge in [0.2, 0.25) is 0 Å². The number of nitrogens with one attached hydrogen (secondary N) is 1. The molecule has 0 saturated carbocycles. The minimum atomic E-state index is -0.800. The summed E-state index contributed by atoms with van der Waals surface area (Å²) in [6.45, 7) is 1.58. The van der Waals surface area contributed by atoms with Crippen molar-refractivity contribution in [3.05, 3.63) is 40.9 Å². The number of esters is 1. The van der Waals surface area contributed by atoms with E-state index < -0.39 is 6.10 Å². The third kappa shape index (κ3) is 5.01. The van der Waals surface area contributed by atoms with E-state index in [1.807, 2.05) is 18.2 Å². The van der Waals surface area contributed by atoms with E-state index in [-0.39, 0.29) is 17.8 Å². The highest BCUT2D eigenvalue weighted by atomic mass is 79.9. The van der Waals surface area contributed by atoms with Crippen molar-refractivity contribution in [3.8, 4) is 0 Å². The molecule has 2 atom stereocenters. The predicted molar refractivity (Wildman–Crippen MR) is 84.8 cm³/mol. The van der Waals surface area contributed by atoms with Crippen LogP contribution in [0.1, 0.15) is 26.2 Å². The van der Waals surface area contributed by atoms with Crippen molar-refractivity contribution < 1.29 is 14.3 Å². The molecule has 5 heteroatoms. The van der Waals surface area contributed by atoms with Crippen LogP contribution in [0.2, 0.25) is 0 Å². The fourth-order valence-corrected chi connectivity index (χ4v) is 2.42. The molecule has 112 valence electrons. The lowest BCUT2D eigenvalue weighted by molar-refractivity contribution is -0.153. The third-order valence-corrected chi connectivity index (χ3v) is 3.86. The topological polar surface area (TPSA) is 55.4 Å². The van der Waals surface area contributed by atoms with Crippen LogP contribution in [0.4, 0.5) is 5.69 Å². The first-order valence-electron chi connectivity index (χ1n) is 6.97. The Hall–Kier alpha value is -1.62. The first-order valence-corrected chi connectivity index (χ1v) is 7.76. The molecule has 1 aromatic rings. The molecule has 0 fully saturated rings. The number of hydrogen-bond acceptors (Lipinski definition) is 3. The van der Waals surface area contributed by atoms with Crippen LogP contribution in [0.15, 0.2) is 40.9 Å². The Morgan fingerprint density at radius 2 is 2.10 bits per heavy atom. The lowest BCUT2D eigenvalue weighted by atomic mass is 10.1. The number of rotatable bonds is 5. The summed E-state index contributed by atoms with van der Waals surface area (Å²) in [6, 6.07) is 7.22. The fraction of sp³-hybridized carbons (Fsp3) is 0.375. The van der Waals surface area contributed by atoms with Gasteiger partial charge in [-0.3, -0.25) is 9.59 Å². The van der Waals surface area contributed by atoms with Crippen molar-refractivity contribution in [2.45, 2.75) is 32.3 Å². The van der Waals surface area contributed by atoms with Crippen LogP contribution < -0.4 is 5.32 Å². The number of allylic oxidation sites excluding steroid dienone is 2. The van der Waals surface area contributed by atoms with Gasteiger partial charge in [-0.05, 0) is 49.9 Å². The molecule has 0 aromatic heterocycles. The van der Waals surface area contributed by atoms with Gasteiger partial charge >= 0.3 is 5.97 Å². The van der Waals surface area contributed by atoms with Gasteiger partial charge in [-0.25, -0.2) is 0 Å². The van der Waals surface area contributed by atoms with Crippen molar-refractivity contribution in [2.75, 3.05) is 5.32 Å². The Balaban J connectivity index is 1.80. The summed E-state index contributed by atoms with van der Waals surface area (Å²) in [5, 5.41) is 2.72. The van der Waals surface area contributed by atoms with Gasteiger partial charge in [-0.15, -0.1) is 0 Å². The molecule has 1 N–H and O–H groups in total. The molecule has 0 unspecified atom stereocenters. The van der Waals surface area contributed by atoms with Crippen molar-refractivity contribution in [2.24, 2.45) is 5.92 Å².